The van der Waals surface area contributed by atoms with Crippen molar-refractivity contribution in [3.05, 3.63) is 0 Å². The lowest BCUT2D eigenvalue weighted by molar-refractivity contribution is -0.149. The molecule has 5 fully saturated rings. The molecule has 2 nitrogen and oxygen atoms in total. The Kier molecular flexibility index (Phi) is 3.29. The highest BCUT2D eigenvalue weighted by molar-refractivity contribution is 5.12. The summed E-state index contributed by atoms with van der Waals surface area (Å²) in [6, 6.07) is 0. The third-order valence-electron chi connectivity index (χ3n) is 9.25. The fraction of sp³-hybridized carbons (Fsp3) is 1.00. The number of hydrogen-bond acceptors (Lipinski definition) is 2. The van der Waals surface area contributed by atoms with Crippen LogP contribution < -0.4 is 0 Å². The number of epoxide rings is 1. The lowest BCUT2D eigenvalue weighted by atomic mass is 9.44. The van der Waals surface area contributed by atoms with Gasteiger partial charge in [-0.2, -0.15) is 0 Å². The molecule has 23 heavy (non-hydrogen) atoms. The van der Waals surface area contributed by atoms with E-state index in [2.05, 4.69) is 6.92 Å². The normalized spacial score (nSPS) is 57.7. The third kappa shape index (κ3) is 2.06. The van der Waals surface area contributed by atoms with Crippen molar-refractivity contribution in [1.82, 2.24) is 0 Å². The molecule has 0 unspecified atom stereocenters. The summed E-state index contributed by atoms with van der Waals surface area (Å²) in [6.45, 7) is 4.67. The van der Waals surface area contributed by atoms with E-state index < -0.39 is 0 Å². The van der Waals surface area contributed by atoms with Gasteiger partial charge in [0.1, 0.15) is 0 Å². The van der Waals surface area contributed by atoms with Crippen LogP contribution in [0.15, 0.2) is 0 Å². The standard InChI is InChI=1S/C21H34O2/c1-19-8-3-4-17(19)16-6-5-15-12-20(13-23-20)10-11-21(15,14-22-2)18(16)7-9-19/h15-18H,3-14H2,1-2H3/t15-,16-,17-,18-,19-,20+,21+/m0/s1. The first-order valence-electron chi connectivity index (χ1n) is 10.2. The molecule has 0 aromatic rings. The Bertz CT molecular complexity index is 484. The highest BCUT2D eigenvalue weighted by Gasteiger charge is 2.63. The van der Waals surface area contributed by atoms with Crippen molar-refractivity contribution >= 4 is 0 Å². The second kappa shape index (κ2) is 4.97. The van der Waals surface area contributed by atoms with Gasteiger partial charge in [0.25, 0.3) is 0 Å². The molecule has 1 aliphatic heterocycles. The quantitative estimate of drug-likeness (QED) is 0.681. The second-order valence-corrected chi connectivity index (χ2v) is 10.1. The largest absolute Gasteiger partial charge is 0.384 e. The van der Waals surface area contributed by atoms with Gasteiger partial charge in [-0.1, -0.05) is 13.3 Å². The zero-order valence-corrected chi connectivity index (χ0v) is 15.1. The molecular formula is C21H34O2. The Morgan fingerprint density at radius 1 is 1.00 bits per heavy atom. The van der Waals surface area contributed by atoms with Crippen molar-refractivity contribution in [3.63, 3.8) is 0 Å². The van der Waals surface area contributed by atoms with Crippen LogP contribution in [0, 0.1) is 34.5 Å². The first-order chi connectivity index (χ1) is 11.1. The number of hydrogen-bond donors (Lipinski definition) is 0. The maximum atomic E-state index is 5.89. The summed E-state index contributed by atoms with van der Waals surface area (Å²) in [4.78, 5) is 0. The average Bonchev–Trinajstić information content (AvgIpc) is 3.17. The third-order valence-corrected chi connectivity index (χ3v) is 9.25. The van der Waals surface area contributed by atoms with E-state index in [-0.39, 0.29) is 0 Å². The first kappa shape index (κ1) is 15.2. The SMILES string of the molecule is COC[C@]12CC[C@]3(CO3)C[C@@H]1CC[C@H]1[C@@H]3CCC[C@@]3(C)CC[C@@H]12. The van der Waals surface area contributed by atoms with Gasteiger partial charge >= 0.3 is 0 Å². The Hall–Kier alpha value is -0.0800. The molecule has 4 saturated carbocycles. The van der Waals surface area contributed by atoms with E-state index in [1.54, 1.807) is 0 Å². The van der Waals surface area contributed by atoms with E-state index in [0.29, 0.717) is 16.4 Å². The summed E-state index contributed by atoms with van der Waals surface area (Å²) in [5, 5.41) is 0. The smallest absolute Gasteiger partial charge is 0.0919 e. The second-order valence-electron chi connectivity index (χ2n) is 10.1. The van der Waals surface area contributed by atoms with Crippen LogP contribution in [0.1, 0.15) is 71.1 Å². The van der Waals surface area contributed by atoms with Crippen LogP contribution in [0.5, 0.6) is 0 Å². The highest BCUT2D eigenvalue weighted by Crippen LogP contribution is 2.68. The monoisotopic (exact) mass is 318 g/mol. The van der Waals surface area contributed by atoms with Gasteiger partial charge in [0.15, 0.2) is 0 Å². The summed E-state index contributed by atoms with van der Waals surface area (Å²) in [6.07, 6.45) is 14.4. The van der Waals surface area contributed by atoms with Gasteiger partial charge in [0, 0.05) is 7.11 Å². The van der Waals surface area contributed by atoms with Crippen molar-refractivity contribution in [2.45, 2.75) is 76.7 Å². The summed E-state index contributed by atoms with van der Waals surface area (Å²) >= 11 is 0. The molecule has 1 saturated heterocycles. The van der Waals surface area contributed by atoms with Gasteiger partial charge in [0.05, 0.1) is 18.8 Å². The van der Waals surface area contributed by atoms with Crippen molar-refractivity contribution in [2.24, 2.45) is 34.5 Å². The summed E-state index contributed by atoms with van der Waals surface area (Å²) in [5.41, 5.74) is 1.47. The Morgan fingerprint density at radius 3 is 2.65 bits per heavy atom. The molecule has 130 valence electrons. The van der Waals surface area contributed by atoms with Crippen LogP contribution in [0.2, 0.25) is 0 Å². The zero-order chi connectivity index (χ0) is 15.7. The molecule has 1 heterocycles. The molecule has 0 bridgehead atoms. The number of fused-ring (bicyclic) bond motifs is 5. The minimum atomic E-state index is 0.311. The maximum Gasteiger partial charge on any atom is 0.0919 e. The molecule has 0 radical (unpaired) electrons. The van der Waals surface area contributed by atoms with Crippen molar-refractivity contribution in [3.8, 4) is 0 Å². The Balaban J connectivity index is 1.47. The van der Waals surface area contributed by atoms with Crippen LogP contribution in [0.3, 0.4) is 0 Å². The predicted octanol–water partition coefficient (Wildman–Crippen LogP) is 4.81. The Labute approximate surface area is 141 Å². The molecule has 0 aromatic heterocycles. The van der Waals surface area contributed by atoms with Gasteiger partial charge in [-0.3, -0.25) is 0 Å². The van der Waals surface area contributed by atoms with Gasteiger partial charge < -0.3 is 9.47 Å². The molecule has 4 aliphatic carbocycles. The van der Waals surface area contributed by atoms with Gasteiger partial charge in [-0.25, -0.2) is 0 Å². The lowest BCUT2D eigenvalue weighted by Crippen LogP contribution is -2.56. The molecule has 7 atom stereocenters. The molecule has 1 spiro atoms. The van der Waals surface area contributed by atoms with Gasteiger partial charge in [-0.05, 0) is 92.3 Å². The molecule has 5 rings (SSSR count). The van der Waals surface area contributed by atoms with Crippen LogP contribution in [-0.2, 0) is 9.47 Å². The highest BCUT2D eigenvalue weighted by atomic mass is 16.6. The summed E-state index contributed by atoms with van der Waals surface area (Å²) in [5.74, 6) is 3.82. The molecule has 0 amide bonds. The van der Waals surface area contributed by atoms with Crippen molar-refractivity contribution < 1.29 is 9.47 Å². The van der Waals surface area contributed by atoms with E-state index in [4.69, 9.17) is 9.47 Å². The van der Waals surface area contributed by atoms with Crippen LogP contribution in [-0.4, -0.2) is 25.9 Å². The van der Waals surface area contributed by atoms with Gasteiger partial charge in [0.2, 0.25) is 0 Å². The molecule has 5 aliphatic rings. The zero-order valence-electron chi connectivity index (χ0n) is 15.1. The van der Waals surface area contributed by atoms with E-state index in [1.165, 1.54) is 64.2 Å². The van der Waals surface area contributed by atoms with E-state index in [0.717, 1.165) is 36.9 Å². The summed E-state index contributed by atoms with van der Waals surface area (Å²) < 4.78 is 11.8. The number of methoxy groups -OCH3 is 1. The van der Waals surface area contributed by atoms with Crippen LogP contribution >= 0.6 is 0 Å². The van der Waals surface area contributed by atoms with E-state index in [1.807, 2.05) is 7.11 Å². The number of rotatable bonds is 2. The minimum absolute atomic E-state index is 0.311. The van der Waals surface area contributed by atoms with Crippen molar-refractivity contribution in [2.75, 3.05) is 20.3 Å². The van der Waals surface area contributed by atoms with Crippen molar-refractivity contribution in [1.29, 1.82) is 0 Å². The fourth-order valence-electron chi connectivity index (χ4n) is 8.02. The van der Waals surface area contributed by atoms with Crippen LogP contribution in [0.25, 0.3) is 0 Å². The molecule has 0 N–H and O–H groups in total. The maximum absolute atomic E-state index is 5.89. The molecular weight excluding hydrogens is 284 g/mol. The van der Waals surface area contributed by atoms with Gasteiger partial charge in [-0.15, -0.1) is 0 Å². The first-order valence-corrected chi connectivity index (χ1v) is 10.2. The minimum Gasteiger partial charge on any atom is -0.384 e. The van der Waals surface area contributed by atoms with E-state index >= 15 is 0 Å². The lowest BCUT2D eigenvalue weighted by Gasteiger charge is -2.61. The van der Waals surface area contributed by atoms with E-state index in [9.17, 15) is 0 Å². The Morgan fingerprint density at radius 2 is 1.87 bits per heavy atom. The fourth-order valence-corrected chi connectivity index (χ4v) is 8.02. The molecule has 2 heteroatoms. The summed E-state index contributed by atoms with van der Waals surface area (Å²) in [7, 11) is 1.94. The topological polar surface area (TPSA) is 21.8 Å². The predicted molar refractivity (Wildman–Crippen MR) is 91.2 cm³/mol. The average molecular weight is 319 g/mol. The molecule has 0 aromatic carbocycles. The van der Waals surface area contributed by atoms with Crippen LogP contribution in [0.4, 0.5) is 0 Å². The number of ether oxygens (including phenoxy) is 2.